The third-order valence-corrected chi connectivity index (χ3v) is 7.59. The number of hydrogen-bond acceptors (Lipinski definition) is 5. The van der Waals surface area contributed by atoms with Crippen LogP contribution in [-0.4, -0.2) is 57.1 Å². The Kier molecular flexibility index (Phi) is 11.1. The molecule has 0 fully saturated rings. The number of carbonyl (C=O) groups excluding carboxylic acids is 2. The smallest absolute Gasteiger partial charge is 0.417 e. The van der Waals surface area contributed by atoms with Gasteiger partial charge in [0.2, 0.25) is 21.8 Å². The van der Waals surface area contributed by atoms with Gasteiger partial charge in [-0.3, -0.25) is 13.9 Å². The molecule has 0 radical (unpaired) electrons. The first-order chi connectivity index (χ1) is 18.1. The predicted octanol–water partition coefficient (Wildman–Crippen LogP) is 4.86. The van der Waals surface area contributed by atoms with E-state index >= 15 is 0 Å². The van der Waals surface area contributed by atoms with Crippen molar-refractivity contribution in [3.05, 3.63) is 58.6 Å². The Hall–Kier alpha value is -2.99. The maximum Gasteiger partial charge on any atom is 0.417 e. The van der Waals surface area contributed by atoms with E-state index in [2.05, 4.69) is 5.32 Å². The van der Waals surface area contributed by atoms with E-state index in [1.54, 1.807) is 31.2 Å². The number of rotatable bonds is 12. The van der Waals surface area contributed by atoms with Gasteiger partial charge in [-0.1, -0.05) is 37.6 Å². The van der Waals surface area contributed by atoms with Gasteiger partial charge < -0.3 is 15.0 Å². The third-order valence-electron chi connectivity index (χ3n) is 6.12. The fourth-order valence-corrected chi connectivity index (χ4v) is 4.85. The molecule has 0 bridgehead atoms. The summed E-state index contributed by atoms with van der Waals surface area (Å²) in [5.41, 5.74) is -0.989. The van der Waals surface area contributed by atoms with Crippen LogP contribution < -0.4 is 14.4 Å². The third kappa shape index (κ3) is 8.76. The molecule has 13 heteroatoms. The number of sulfonamides is 1. The van der Waals surface area contributed by atoms with Crippen molar-refractivity contribution in [1.82, 2.24) is 10.2 Å². The first kappa shape index (κ1) is 32.2. The van der Waals surface area contributed by atoms with Gasteiger partial charge in [0.15, 0.2) is 0 Å². The van der Waals surface area contributed by atoms with Crippen molar-refractivity contribution in [2.75, 3.05) is 24.2 Å². The topological polar surface area (TPSA) is 96.0 Å². The minimum Gasteiger partial charge on any atom is -0.497 e. The molecule has 0 aliphatic carbocycles. The Morgan fingerprint density at radius 3 is 2.18 bits per heavy atom. The molecule has 216 valence electrons. The maximum atomic E-state index is 13.7. The van der Waals surface area contributed by atoms with Crippen LogP contribution in [0.1, 0.15) is 44.7 Å². The largest absolute Gasteiger partial charge is 0.497 e. The van der Waals surface area contributed by atoms with Crippen LogP contribution in [0.4, 0.5) is 18.9 Å². The molecule has 2 amide bonds. The maximum absolute atomic E-state index is 13.7. The highest BCUT2D eigenvalue weighted by Gasteiger charge is 2.36. The summed E-state index contributed by atoms with van der Waals surface area (Å²) in [4.78, 5) is 28.0. The van der Waals surface area contributed by atoms with E-state index in [-0.39, 0.29) is 24.7 Å². The van der Waals surface area contributed by atoms with Crippen molar-refractivity contribution in [3.8, 4) is 5.75 Å². The van der Waals surface area contributed by atoms with E-state index in [9.17, 15) is 31.2 Å². The van der Waals surface area contributed by atoms with E-state index in [0.717, 1.165) is 18.4 Å². The molecule has 0 spiro atoms. The molecule has 2 aromatic rings. The number of nitrogens with one attached hydrogen (secondary N) is 1. The molecule has 1 N–H and O–H groups in total. The number of methoxy groups -OCH3 is 1. The number of halogens is 4. The summed E-state index contributed by atoms with van der Waals surface area (Å²) in [5, 5.41) is 2.23. The van der Waals surface area contributed by atoms with Gasteiger partial charge in [-0.2, -0.15) is 13.2 Å². The minimum atomic E-state index is -4.85. The van der Waals surface area contributed by atoms with Crippen molar-refractivity contribution < 1.29 is 35.9 Å². The van der Waals surface area contributed by atoms with Crippen LogP contribution in [0.2, 0.25) is 5.02 Å². The van der Waals surface area contributed by atoms with Crippen molar-refractivity contribution in [2.45, 2.75) is 58.4 Å². The lowest BCUT2D eigenvalue weighted by molar-refractivity contribution is -0.140. The number of anilines is 1. The molecule has 39 heavy (non-hydrogen) atoms. The van der Waals surface area contributed by atoms with Crippen LogP contribution in [0.15, 0.2) is 42.5 Å². The lowest BCUT2D eigenvalue weighted by Crippen LogP contribution is -2.53. The monoisotopic (exact) mass is 591 g/mol. The SMILES string of the molecule is CC[C@@H](C)NC(=O)[C@H](CC)N(Cc1ccc(OC)cc1)C(=O)CN(c1ccc(Cl)c(C(F)(F)F)c1)S(C)(=O)=O. The van der Waals surface area contributed by atoms with Gasteiger partial charge in [-0.05, 0) is 55.7 Å². The standard InChI is InChI=1S/C26H33ClF3N3O5S/c1-6-17(3)31-25(35)23(7-2)32(15-18-8-11-20(38-4)12-9-18)24(34)16-33(39(5,36)37)19-10-13-22(27)21(14-19)26(28,29)30/h8-14,17,23H,6-7,15-16H2,1-5H3,(H,31,35)/t17-,23+/m1/s1. The summed E-state index contributed by atoms with van der Waals surface area (Å²) >= 11 is 5.70. The van der Waals surface area contributed by atoms with Gasteiger partial charge in [-0.15, -0.1) is 0 Å². The molecular weight excluding hydrogens is 559 g/mol. The second-order valence-electron chi connectivity index (χ2n) is 9.04. The van der Waals surface area contributed by atoms with E-state index < -0.39 is 51.2 Å². The molecule has 0 unspecified atom stereocenters. The number of benzene rings is 2. The first-order valence-corrected chi connectivity index (χ1v) is 14.4. The fourth-order valence-electron chi connectivity index (χ4n) is 3.79. The molecule has 2 rings (SSSR count). The molecule has 0 aromatic heterocycles. The highest BCUT2D eigenvalue weighted by Crippen LogP contribution is 2.37. The van der Waals surface area contributed by atoms with Gasteiger partial charge in [0, 0.05) is 12.6 Å². The zero-order valence-corrected chi connectivity index (χ0v) is 24.0. The summed E-state index contributed by atoms with van der Waals surface area (Å²) in [5.74, 6) is -0.624. The first-order valence-electron chi connectivity index (χ1n) is 12.2. The number of alkyl halides is 3. The number of carbonyl (C=O) groups is 2. The van der Waals surface area contributed by atoms with Gasteiger partial charge in [0.25, 0.3) is 0 Å². The normalized spacial score (nSPS) is 13.4. The Labute approximate surface area is 232 Å². The van der Waals surface area contributed by atoms with E-state index in [4.69, 9.17) is 16.3 Å². The van der Waals surface area contributed by atoms with Gasteiger partial charge in [0.05, 0.1) is 29.6 Å². The van der Waals surface area contributed by atoms with E-state index in [1.165, 1.54) is 12.0 Å². The summed E-state index contributed by atoms with van der Waals surface area (Å²) in [6.07, 6.45) is -3.21. The van der Waals surface area contributed by atoms with Crippen LogP contribution in [0.5, 0.6) is 5.75 Å². The predicted molar refractivity (Wildman–Crippen MR) is 144 cm³/mol. The fraction of sp³-hybridized carbons (Fsp3) is 0.462. The quantitative estimate of drug-likeness (QED) is 0.380. The molecular formula is C26H33ClF3N3O5S. The Morgan fingerprint density at radius 2 is 1.69 bits per heavy atom. The highest BCUT2D eigenvalue weighted by molar-refractivity contribution is 7.92. The number of ether oxygens (including phenoxy) is 1. The van der Waals surface area contributed by atoms with Crippen LogP contribution in [0, 0.1) is 0 Å². The lowest BCUT2D eigenvalue weighted by atomic mass is 10.1. The van der Waals surface area contributed by atoms with Crippen LogP contribution >= 0.6 is 11.6 Å². The molecule has 0 aliphatic heterocycles. The molecule has 0 saturated carbocycles. The summed E-state index contributed by atoms with van der Waals surface area (Å²) in [6, 6.07) is 8.19. The minimum absolute atomic E-state index is 0.0543. The van der Waals surface area contributed by atoms with Gasteiger partial charge >= 0.3 is 6.18 Å². The lowest BCUT2D eigenvalue weighted by Gasteiger charge is -2.33. The molecule has 0 heterocycles. The molecule has 0 saturated heterocycles. The second kappa shape index (κ2) is 13.4. The Balaban J connectivity index is 2.52. The summed E-state index contributed by atoms with van der Waals surface area (Å²) in [6.45, 7) is 4.52. The number of hydrogen-bond donors (Lipinski definition) is 1. The number of amides is 2. The van der Waals surface area contributed by atoms with Gasteiger partial charge in [-0.25, -0.2) is 8.42 Å². The van der Waals surface area contributed by atoms with Crippen molar-refractivity contribution in [2.24, 2.45) is 0 Å². The Morgan fingerprint density at radius 1 is 1.08 bits per heavy atom. The van der Waals surface area contributed by atoms with Crippen LogP contribution in [0.3, 0.4) is 0 Å². The Bertz CT molecular complexity index is 1260. The van der Waals surface area contributed by atoms with E-state index in [0.29, 0.717) is 28.1 Å². The van der Waals surface area contributed by atoms with Crippen molar-refractivity contribution in [3.63, 3.8) is 0 Å². The molecule has 0 aliphatic rings. The molecule has 8 nitrogen and oxygen atoms in total. The average Bonchev–Trinajstić information content (AvgIpc) is 2.86. The van der Waals surface area contributed by atoms with Crippen LogP contribution in [0.25, 0.3) is 0 Å². The van der Waals surface area contributed by atoms with Crippen molar-refractivity contribution >= 4 is 39.1 Å². The highest BCUT2D eigenvalue weighted by atomic mass is 35.5. The average molecular weight is 592 g/mol. The molecule has 2 atom stereocenters. The van der Waals surface area contributed by atoms with Gasteiger partial charge in [0.1, 0.15) is 18.3 Å². The van der Waals surface area contributed by atoms with E-state index in [1.807, 2.05) is 13.8 Å². The zero-order valence-electron chi connectivity index (χ0n) is 22.4. The number of nitrogens with zero attached hydrogens (tertiary/aromatic N) is 2. The zero-order chi connectivity index (χ0) is 29.5. The van der Waals surface area contributed by atoms with Crippen LogP contribution in [-0.2, 0) is 32.3 Å². The summed E-state index contributed by atoms with van der Waals surface area (Å²) < 4.78 is 71.5. The van der Waals surface area contributed by atoms with Crippen molar-refractivity contribution in [1.29, 1.82) is 0 Å². The molecule has 2 aromatic carbocycles. The second-order valence-corrected chi connectivity index (χ2v) is 11.4. The summed E-state index contributed by atoms with van der Waals surface area (Å²) in [7, 11) is -2.72.